The van der Waals surface area contributed by atoms with Crippen LogP contribution >= 0.6 is 0 Å². The fraction of sp³-hybridized carbons (Fsp3) is 0.261. The third-order valence-corrected chi connectivity index (χ3v) is 4.30. The van der Waals surface area contributed by atoms with Crippen molar-refractivity contribution in [2.45, 2.75) is 27.1 Å². The summed E-state index contributed by atoms with van der Waals surface area (Å²) in [4.78, 5) is 36.1. The second-order valence-electron chi connectivity index (χ2n) is 6.74. The molecule has 0 aliphatic rings. The van der Waals surface area contributed by atoms with Crippen LogP contribution in [0.3, 0.4) is 0 Å². The van der Waals surface area contributed by atoms with Gasteiger partial charge in [0.15, 0.2) is 0 Å². The van der Waals surface area contributed by atoms with Gasteiger partial charge in [-0.1, -0.05) is 6.07 Å². The number of rotatable bonds is 8. The molecule has 3 rings (SSSR count). The fourth-order valence-electron chi connectivity index (χ4n) is 2.84. The highest BCUT2D eigenvalue weighted by Gasteiger charge is 2.12. The zero-order chi connectivity index (χ0) is 23.1. The highest BCUT2D eigenvalue weighted by molar-refractivity contribution is 5.67. The molecule has 0 amide bonds. The number of nitrogens with zero attached hydrogens (tertiary/aromatic N) is 3. The van der Waals surface area contributed by atoms with Gasteiger partial charge in [0.1, 0.15) is 24.7 Å². The first-order chi connectivity index (χ1) is 15.4. The van der Waals surface area contributed by atoms with Crippen LogP contribution in [0.2, 0.25) is 0 Å². The van der Waals surface area contributed by atoms with Gasteiger partial charge in [-0.05, 0) is 12.1 Å². The number of methoxy groups -OCH3 is 2. The molecule has 0 fully saturated rings. The summed E-state index contributed by atoms with van der Waals surface area (Å²) in [5.74, 6) is 0.329. The van der Waals surface area contributed by atoms with Crippen molar-refractivity contribution in [3.63, 3.8) is 0 Å². The van der Waals surface area contributed by atoms with E-state index in [1.54, 1.807) is 50.6 Å². The molecule has 0 bridgehead atoms. The summed E-state index contributed by atoms with van der Waals surface area (Å²) >= 11 is 0. The topological polar surface area (TPSA) is 110 Å². The van der Waals surface area contributed by atoms with Gasteiger partial charge in [0.05, 0.1) is 48.4 Å². The van der Waals surface area contributed by atoms with Gasteiger partial charge in [0.25, 0.3) is 0 Å². The lowest BCUT2D eigenvalue weighted by molar-refractivity contribution is -0.143. The lowest BCUT2D eigenvalue weighted by Crippen LogP contribution is -2.03. The minimum absolute atomic E-state index is 0.0240. The van der Waals surface area contributed by atoms with Crippen molar-refractivity contribution >= 4 is 11.9 Å². The largest absolute Gasteiger partial charge is 0.497 e. The molecule has 0 saturated heterocycles. The van der Waals surface area contributed by atoms with Gasteiger partial charge in [-0.2, -0.15) is 0 Å². The van der Waals surface area contributed by atoms with Crippen LogP contribution in [0.4, 0.5) is 0 Å². The highest BCUT2D eigenvalue weighted by atomic mass is 16.5. The van der Waals surface area contributed by atoms with E-state index in [-0.39, 0.29) is 13.2 Å². The molecule has 3 heterocycles. The van der Waals surface area contributed by atoms with Crippen LogP contribution in [0.25, 0.3) is 22.8 Å². The average molecular weight is 437 g/mol. The van der Waals surface area contributed by atoms with E-state index in [1.165, 1.54) is 13.8 Å². The lowest BCUT2D eigenvalue weighted by atomic mass is 10.1. The molecular formula is C23H23N3O6. The molecule has 32 heavy (non-hydrogen) atoms. The summed E-state index contributed by atoms with van der Waals surface area (Å²) in [6.45, 7) is 2.72. The molecule has 3 aromatic rings. The van der Waals surface area contributed by atoms with Gasteiger partial charge in [-0.25, -0.2) is 15.0 Å². The van der Waals surface area contributed by atoms with Gasteiger partial charge in [0, 0.05) is 38.1 Å². The first-order valence-electron chi connectivity index (χ1n) is 9.72. The molecule has 0 unspecified atom stereocenters. The number of aromatic nitrogens is 3. The number of hydrogen-bond acceptors (Lipinski definition) is 9. The van der Waals surface area contributed by atoms with E-state index in [4.69, 9.17) is 18.9 Å². The van der Waals surface area contributed by atoms with E-state index < -0.39 is 11.9 Å². The molecule has 0 spiro atoms. The zero-order valence-electron chi connectivity index (χ0n) is 18.2. The first kappa shape index (κ1) is 22.7. The highest BCUT2D eigenvalue weighted by Crippen LogP contribution is 2.26. The Morgan fingerprint density at radius 3 is 1.50 bits per heavy atom. The van der Waals surface area contributed by atoms with Crippen molar-refractivity contribution in [1.82, 2.24) is 15.0 Å². The van der Waals surface area contributed by atoms with Crippen molar-refractivity contribution in [3.8, 4) is 34.3 Å². The average Bonchev–Trinajstić information content (AvgIpc) is 2.81. The summed E-state index contributed by atoms with van der Waals surface area (Å²) in [6.07, 6.45) is 0. The molecule has 0 aromatic carbocycles. The van der Waals surface area contributed by atoms with Crippen LogP contribution in [0.15, 0.2) is 42.5 Å². The number of carbonyl (C=O) groups excluding carboxylic acids is 2. The number of hydrogen-bond donors (Lipinski definition) is 0. The zero-order valence-corrected chi connectivity index (χ0v) is 18.2. The normalized spacial score (nSPS) is 10.4. The smallest absolute Gasteiger partial charge is 0.303 e. The Bertz CT molecular complexity index is 1050. The van der Waals surface area contributed by atoms with Crippen molar-refractivity contribution in [2.24, 2.45) is 0 Å². The number of pyridine rings is 3. The van der Waals surface area contributed by atoms with Crippen LogP contribution in [0.1, 0.15) is 25.2 Å². The van der Waals surface area contributed by atoms with Gasteiger partial charge in [-0.15, -0.1) is 0 Å². The van der Waals surface area contributed by atoms with Crippen LogP contribution in [-0.4, -0.2) is 41.1 Å². The molecule has 9 heteroatoms. The molecule has 9 nitrogen and oxygen atoms in total. The Morgan fingerprint density at radius 1 is 0.688 bits per heavy atom. The Labute approximate surface area is 185 Å². The minimum atomic E-state index is -0.398. The van der Waals surface area contributed by atoms with Crippen molar-refractivity contribution < 1.29 is 28.5 Å². The summed E-state index contributed by atoms with van der Waals surface area (Å²) in [6, 6.07) is 12.3. The van der Waals surface area contributed by atoms with Crippen LogP contribution in [0.5, 0.6) is 11.5 Å². The van der Waals surface area contributed by atoms with Crippen molar-refractivity contribution in [2.75, 3.05) is 14.2 Å². The van der Waals surface area contributed by atoms with E-state index in [1.807, 2.05) is 6.07 Å². The standard InChI is InChI=1S/C23H23N3O6/c1-14(27)31-12-16-8-18(29-3)10-22(24-16)20-6-5-7-21(26-20)23-11-19(30-4)9-17(25-23)13-32-15(2)28/h5-11H,12-13H2,1-4H3. The molecular weight excluding hydrogens is 414 g/mol. The quantitative estimate of drug-likeness (QED) is 0.490. The van der Waals surface area contributed by atoms with Gasteiger partial charge in [0.2, 0.25) is 0 Å². The molecule has 0 aliphatic carbocycles. The van der Waals surface area contributed by atoms with Gasteiger partial charge < -0.3 is 18.9 Å². The van der Waals surface area contributed by atoms with E-state index in [9.17, 15) is 9.59 Å². The predicted molar refractivity (Wildman–Crippen MR) is 115 cm³/mol. The Morgan fingerprint density at radius 2 is 1.12 bits per heavy atom. The SMILES string of the molecule is COc1cc(COC(C)=O)nc(-c2cccc(-c3cc(OC)cc(COC(C)=O)n3)n2)c1. The molecule has 0 atom stereocenters. The first-order valence-corrected chi connectivity index (χ1v) is 9.72. The van der Waals surface area contributed by atoms with Gasteiger partial charge in [-0.3, -0.25) is 9.59 Å². The maximum Gasteiger partial charge on any atom is 0.303 e. The molecule has 0 saturated carbocycles. The molecule has 3 aromatic heterocycles. The van der Waals surface area contributed by atoms with E-state index in [0.29, 0.717) is 45.7 Å². The van der Waals surface area contributed by atoms with Crippen molar-refractivity contribution in [3.05, 3.63) is 53.9 Å². The third-order valence-electron chi connectivity index (χ3n) is 4.30. The maximum absolute atomic E-state index is 11.2. The van der Waals surface area contributed by atoms with E-state index in [0.717, 1.165) is 0 Å². The molecule has 0 aliphatic heterocycles. The fourth-order valence-corrected chi connectivity index (χ4v) is 2.84. The Balaban J connectivity index is 1.98. The van der Waals surface area contributed by atoms with Crippen LogP contribution < -0.4 is 9.47 Å². The van der Waals surface area contributed by atoms with Crippen LogP contribution in [-0.2, 0) is 32.3 Å². The van der Waals surface area contributed by atoms with Gasteiger partial charge >= 0.3 is 11.9 Å². The summed E-state index contributed by atoms with van der Waals surface area (Å²) < 4.78 is 20.8. The number of ether oxygens (including phenoxy) is 4. The van der Waals surface area contributed by atoms with Crippen molar-refractivity contribution in [1.29, 1.82) is 0 Å². The third kappa shape index (κ3) is 6.00. The number of esters is 2. The Kier molecular flexibility index (Phi) is 7.33. The second-order valence-corrected chi connectivity index (χ2v) is 6.74. The summed E-state index contributed by atoms with van der Waals surface area (Å²) in [5, 5.41) is 0. The number of carbonyl (C=O) groups is 2. The molecule has 166 valence electrons. The molecule has 0 radical (unpaired) electrons. The van der Waals surface area contributed by atoms with E-state index in [2.05, 4.69) is 15.0 Å². The monoisotopic (exact) mass is 437 g/mol. The van der Waals surface area contributed by atoms with Crippen LogP contribution in [0, 0.1) is 0 Å². The van der Waals surface area contributed by atoms with E-state index >= 15 is 0 Å². The minimum Gasteiger partial charge on any atom is -0.497 e. The summed E-state index contributed by atoms with van der Waals surface area (Å²) in [5.41, 5.74) is 3.33. The maximum atomic E-state index is 11.2. The molecule has 0 N–H and O–H groups in total. The second kappa shape index (κ2) is 10.3. The predicted octanol–water partition coefficient (Wildman–Crippen LogP) is 3.35. The Hall–Kier alpha value is -4.01. The summed E-state index contributed by atoms with van der Waals surface area (Å²) in [7, 11) is 3.09. The lowest BCUT2D eigenvalue weighted by Gasteiger charge is -2.11.